The maximum atomic E-state index is 13.8. The van der Waals surface area contributed by atoms with Gasteiger partial charge in [-0.25, -0.2) is 4.39 Å². The minimum atomic E-state index is -0.281. The van der Waals surface area contributed by atoms with Gasteiger partial charge in [0.25, 0.3) is 0 Å². The predicted molar refractivity (Wildman–Crippen MR) is 65.7 cm³/mol. The van der Waals surface area contributed by atoms with E-state index in [0.29, 0.717) is 18.3 Å². The lowest BCUT2D eigenvalue weighted by Crippen LogP contribution is -2.48. The Balaban J connectivity index is 2.16. The molecule has 0 aliphatic carbocycles. The van der Waals surface area contributed by atoms with Crippen molar-refractivity contribution in [2.45, 2.75) is 13.0 Å². The highest BCUT2D eigenvalue weighted by Gasteiger charge is 2.27. The Labute approximate surface area is 101 Å². The fraction of sp³-hybridized carbons (Fsp3) is 0.538. The van der Waals surface area contributed by atoms with Crippen molar-refractivity contribution in [1.82, 2.24) is 10.6 Å². The third-order valence-electron chi connectivity index (χ3n) is 3.21. The highest BCUT2D eigenvalue weighted by Crippen LogP contribution is 2.28. The summed E-state index contributed by atoms with van der Waals surface area (Å²) in [5.74, 6) is 0.590. The molecule has 1 aromatic rings. The van der Waals surface area contributed by atoms with E-state index < -0.39 is 0 Å². The largest absolute Gasteiger partial charge is 0.491 e. The van der Waals surface area contributed by atoms with Crippen LogP contribution >= 0.6 is 0 Å². The Morgan fingerprint density at radius 3 is 2.76 bits per heavy atom. The molecule has 17 heavy (non-hydrogen) atoms. The van der Waals surface area contributed by atoms with E-state index in [9.17, 15) is 4.39 Å². The lowest BCUT2D eigenvalue weighted by Gasteiger charge is -2.35. The summed E-state index contributed by atoms with van der Waals surface area (Å²) in [5.41, 5.74) is 0.986. The fourth-order valence-electron chi connectivity index (χ4n) is 2.20. The molecule has 0 radical (unpaired) electrons. The van der Waals surface area contributed by atoms with Gasteiger partial charge in [0, 0.05) is 25.0 Å². The quantitative estimate of drug-likeness (QED) is 0.819. The third-order valence-corrected chi connectivity index (χ3v) is 3.21. The van der Waals surface area contributed by atoms with Gasteiger partial charge in [-0.1, -0.05) is 6.07 Å². The molecule has 1 saturated heterocycles. The molecular weight excluding hydrogens is 219 g/mol. The van der Waals surface area contributed by atoms with Crippen LogP contribution in [0.25, 0.3) is 0 Å². The molecule has 1 aliphatic heterocycles. The molecule has 0 saturated carbocycles. The Kier molecular flexibility index (Phi) is 3.97. The maximum absolute atomic E-state index is 13.8. The molecule has 3 nitrogen and oxygen atoms in total. The first-order valence-electron chi connectivity index (χ1n) is 6.06. The van der Waals surface area contributed by atoms with Crippen molar-refractivity contribution < 1.29 is 9.13 Å². The van der Waals surface area contributed by atoms with Crippen LogP contribution in [0.2, 0.25) is 0 Å². The van der Waals surface area contributed by atoms with Gasteiger partial charge < -0.3 is 15.4 Å². The Bertz CT molecular complexity index is 380. The maximum Gasteiger partial charge on any atom is 0.165 e. The van der Waals surface area contributed by atoms with Crippen LogP contribution in [0.3, 0.4) is 0 Å². The molecule has 2 rings (SSSR count). The van der Waals surface area contributed by atoms with Crippen molar-refractivity contribution >= 4 is 0 Å². The van der Waals surface area contributed by atoms with Crippen LogP contribution in [-0.4, -0.2) is 26.7 Å². The van der Waals surface area contributed by atoms with E-state index >= 15 is 0 Å². The van der Waals surface area contributed by atoms with Gasteiger partial charge in [0.1, 0.15) is 0 Å². The zero-order chi connectivity index (χ0) is 12.3. The first kappa shape index (κ1) is 12.3. The molecule has 0 spiro atoms. The normalized spacial score (nSPS) is 17.6. The number of ether oxygens (including phenoxy) is 1. The molecule has 4 heteroatoms. The van der Waals surface area contributed by atoms with Gasteiger partial charge in [0.05, 0.1) is 6.61 Å². The standard InChI is InChI=1S/C13H19FN2O/c1-3-17-12-5-4-9(6-11(12)14)13(15-2)10-7-16-8-10/h4-6,10,13,15-16H,3,7-8H2,1-2H3. The molecule has 94 valence electrons. The summed E-state index contributed by atoms with van der Waals surface area (Å²) < 4.78 is 18.9. The summed E-state index contributed by atoms with van der Waals surface area (Å²) in [6.07, 6.45) is 0. The minimum absolute atomic E-state index is 0.210. The molecular formula is C13H19FN2O. The smallest absolute Gasteiger partial charge is 0.165 e. The van der Waals surface area contributed by atoms with Crippen molar-refractivity contribution in [1.29, 1.82) is 0 Å². The topological polar surface area (TPSA) is 33.3 Å². The molecule has 0 amide bonds. The molecule has 1 atom stereocenters. The van der Waals surface area contributed by atoms with Crippen LogP contribution < -0.4 is 15.4 Å². The van der Waals surface area contributed by atoms with Crippen molar-refractivity contribution in [3.05, 3.63) is 29.6 Å². The second-order valence-corrected chi connectivity index (χ2v) is 4.31. The molecule has 1 fully saturated rings. The molecule has 1 unspecified atom stereocenters. The minimum Gasteiger partial charge on any atom is -0.491 e. The molecule has 0 bridgehead atoms. The van der Waals surface area contributed by atoms with E-state index in [1.54, 1.807) is 12.1 Å². The number of benzene rings is 1. The molecule has 1 aliphatic rings. The second-order valence-electron chi connectivity index (χ2n) is 4.31. The van der Waals surface area contributed by atoms with Crippen LogP contribution in [0.5, 0.6) is 5.75 Å². The monoisotopic (exact) mass is 238 g/mol. The SMILES string of the molecule is CCOc1ccc(C(NC)C2CNC2)cc1F. The summed E-state index contributed by atoms with van der Waals surface area (Å²) in [5, 5.41) is 6.49. The number of halogens is 1. The van der Waals surface area contributed by atoms with Crippen molar-refractivity contribution in [3.63, 3.8) is 0 Å². The van der Waals surface area contributed by atoms with Crippen LogP contribution in [-0.2, 0) is 0 Å². The summed E-state index contributed by atoms with van der Waals surface area (Å²) in [7, 11) is 1.91. The van der Waals surface area contributed by atoms with E-state index in [4.69, 9.17) is 4.74 Å². The van der Waals surface area contributed by atoms with Crippen molar-refractivity contribution in [2.75, 3.05) is 26.7 Å². The summed E-state index contributed by atoms with van der Waals surface area (Å²) in [6.45, 7) is 4.31. The van der Waals surface area contributed by atoms with E-state index in [0.717, 1.165) is 18.7 Å². The van der Waals surface area contributed by atoms with Gasteiger partial charge in [-0.05, 0) is 31.7 Å². The molecule has 2 N–H and O–H groups in total. The van der Waals surface area contributed by atoms with E-state index in [1.807, 2.05) is 20.0 Å². The zero-order valence-electron chi connectivity index (χ0n) is 10.3. The first-order valence-corrected chi connectivity index (χ1v) is 6.06. The Hall–Kier alpha value is -1.13. The highest BCUT2D eigenvalue weighted by molar-refractivity contribution is 5.31. The molecule has 0 aromatic heterocycles. The van der Waals surface area contributed by atoms with Gasteiger partial charge in [0.15, 0.2) is 11.6 Å². The lowest BCUT2D eigenvalue weighted by atomic mass is 9.88. The third kappa shape index (κ3) is 2.58. The first-order chi connectivity index (χ1) is 8.26. The predicted octanol–water partition coefficient (Wildman–Crippen LogP) is 1.70. The molecule has 1 heterocycles. The second kappa shape index (κ2) is 5.47. The van der Waals surface area contributed by atoms with E-state index in [2.05, 4.69) is 10.6 Å². The van der Waals surface area contributed by atoms with Gasteiger partial charge in [-0.2, -0.15) is 0 Å². The highest BCUT2D eigenvalue weighted by atomic mass is 19.1. The van der Waals surface area contributed by atoms with Crippen molar-refractivity contribution in [2.24, 2.45) is 5.92 Å². The fourth-order valence-corrected chi connectivity index (χ4v) is 2.20. The van der Waals surface area contributed by atoms with Crippen LogP contribution in [0, 0.1) is 11.7 Å². The number of nitrogens with one attached hydrogen (secondary N) is 2. The zero-order valence-corrected chi connectivity index (χ0v) is 10.3. The summed E-state index contributed by atoms with van der Waals surface area (Å²) >= 11 is 0. The average molecular weight is 238 g/mol. The number of hydrogen-bond acceptors (Lipinski definition) is 3. The summed E-state index contributed by atoms with van der Waals surface area (Å²) in [4.78, 5) is 0. The van der Waals surface area contributed by atoms with Crippen LogP contribution in [0.15, 0.2) is 18.2 Å². The van der Waals surface area contributed by atoms with Crippen LogP contribution in [0.4, 0.5) is 4.39 Å². The van der Waals surface area contributed by atoms with Gasteiger partial charge in [-0.3, -0.25) is 0 Å². The Morgan fingerprint density at radius 2 is 2.29 bits per heavy atom. The lowest BCUT2D eigenvalue weighted by molar-refractivity contribution is 0.266. The summed E-state index contributed by atoms with van der Waals surface area (Å²) in [6, 6.07) is 5.43. The average Bonchev–Trinajstić information content (AvgIpc) is 2.26. The van der Waals surface area contributed by atoms with Crippen LogP contribution in [0.1, 0.15) is 18.5 Å². The van der Waals surface area contributed by atoms with E-state index in [1.165, 1.54) is 0 Å². The van der Waals surface area contributed by atoms with Crippen molar-refractivity contribution in [3.8, 4) is 5.75 Å². The Morgan fingerprint density at radius 1 is 1.53 bits per heavy atom. The van der Waals surface area contributed by atoms with Gasteiger partial charge in [-0.15, -0.1) is 0 Å². The van der Waals surface area contributed by atoms with Gasteiger partial charge >= 0.3 is 0 Å². The van der Waals surface area contributed by atoms with Gasteiger partial charge in [0.2, 0.25) is 0 Å². The number of hydrogen-bond donors (Lipinski definition) is 2. The number of rotatable bonds is 5. The molecule has 1 aromatic carbocycles. The van der Waals surface area contributed by atoms with E-state index in [-0.39, 0.29) is 11.9 Å².